The van der Waals surface area contributed by atoms with Gasteiger partial charge >= 0.3 is 5.97 Å². The maximum Gasteiger partial charge on any atom is 0.337 e. The zero-order valence-electron chi connectivity index (χ0n) is 11.6. The Morgan fingerprint density at radius 3 is 2.67 bits per heavy atom. The molecule has 108 valence electrons. The molecule has 0 saturated carbocycles. The fourth-order valence-corrected chi connectivity index (χ4v) is 2.41. The number of rotatable bonds is 4. The minimum atomic E-state index is -1.08. The molecule has 6 heteroatoms. The number of nitrogens with one attached hydrogen (secondary N) is 1. The van der Waals surface area contributed by atoms with E-state index in [0.717, 1.165) is 5.56 Å². The smallest absolute Gasteiger partial charge is 0.337 e. The molecule has 21 heavy (non-hydrogen) atoms. The molecule has 0 aliphatic rings. The lowest BCUT2D eigenvalue weighted by Crippen LogP contribution is -2.16. The van der Waals surface area contributed by atoms with Crippen molar-refractivity contribution in [1.29, 1.82) is 0 Å². The molecule has 2 aromatic rings. The lowest BCUT2D eigenvalue weighted by molar-refractivity contribution is 0.0698. The van der Waals surface area contributed by atoms with Crippen molar-refractivity contribution in [2.45, 2.75) is 11.9 Å². The van der Waals surface area contributed by atoms with Gasteiger partial charge in [0.2, 0.25) is 0 Å². The molecule has 0 atom stereocenters. The third-order valence-corrected chi connectivity index (χ3v) is 3.57. The fraction of sp³-hybridized carbons (Fsp3) is 0.133. The minimum Gasteiger partial charge on any atom is -0.478 e. The first kappa shape index (κ1) is 15.1. The van der Waals surface area contributed by atoms with Crippen molar-refractivity contribution in [2.75, 3.05) is 11.6 Å². The summed E-state index contributed by atoms with van der Waals surface area (Å²) in [6.45, 7) is 1.80. The molecule has 0 aliphatic heterocycles. The number of carboxylic acids is 1. The van der Waals surface area contributed by atoms with E-state index in [1.165, 1.54) is 17.8 Å². The van der Waals surface area contributed by atoms with Crippen LogP contribution >= 0.6 is 11.8 Å². The van der Waals surface area contributed by atoms with Gasteiger partial charge in [-0.25, -0.2) is 9.78 Å². The average Bonchev–Trinajstić information content (AvgIpc) is 2.48. The first-order chi connectivity index (χ1) is 10.0. The van der Waals surface area contributed by atoms with Crippen molar-refractivity contribution in [3.8, 4) is 0 Å². The normalized spacial score (nSPS) is 10.2. The van der Waals surface area contributed by atoms with E-state index < -0.39 is 5.97 Å². The molecule has 2 rings (SSSR count). The standard InChI is InChI=1S/C15H14N2O3S/c1-9-5-6-12(11(8-9)15(19)20)17-13(18)10-4-3-7-16-14(10)21-2/h3-8H,1-2H3,(H,17,18)(H,19,20). The number of hydrogen-bond donors (Lipinski definition) is 2. The fourth-order valence-electron chi connectivity index (χ4n) is 1.86. The first-order valence-corrected chi connectivity index (χ1v) is 7.39. The number of pyridine rings is 1. The Balaban J connectivity index is 2.34. The number of carboxylic acid groups (broad SMARTS) is 1. The summed E-state index contributed by atoms with van der Waals surface area (Å²) in [4.78, 5) is 27.7. The van der Waals surface area contributed by atoms with Gasteiger partial charge in [-0.15, -0.1) is 11.8 Å². The number of carbonyl (C=O) groups excluding carboxylic acids is 1. The second kappa shape index (κ2) is 6.41. The second-order valence-electron chi connectivity index (χ2n) is 4.37. The van der Waals surface area contributed by atoms with Crippen LogP contribution in [0, 0.1) is 6.92 Å². The molecular formula is C15H14N2O3S. The summed E-state index contributed by atoms with van der Waals surface area (Å²) < 4.78 is 0. The van der Waals surface area contributed by atoms with Crippen LogP contribution < -0.4 is 5.32 Å². The summed E-state index contributed by atoms with van der Waals surface area (Å²) >= 11 is 1.36. The van der Waals surface area contributed by atoms with Gasteiger partial charge in [0.15, 0.2) is 0 Å². The van der Waals surface area contributed by atoms with Crippen LogP contribution in [-0.4, -0.2) is 28.2 Å². The predicted octanol–water partition coefficient (Wildman–Crippen LogP) is 3.06. The third kappa shape index (κ3) is 3.41. The van der Waals surface area contributed by atoms with Crippen molar-refractivity contribution < 1.29 is 14.7 Å². The molecule has 1 aromatic carbocycles. The van der Waals surface area contributed by atoms with Crippen LogP contribution in [0.5, 0.6) is 0 Å². The Labute approximate surface area is 126 Å². The zero-order valence-corrected chi connectivity index (χ0v) is 12.4. The summed E-state index contributed by atoms with van der Waals surface area (Å²) in [6.07, 6.45) is 3.44. The maximum atomic E-state index is 12.3. The largest absolute Gasteiger partial charge is 0.478 e. The van der Waals surface area contributed by atoms with Crippen LogP contribution in [0.25, 0.3) is 0 Å². The van der Waals surface area contributed by atoms with E-state index in [-0.39, 0.29) is 17.2 Å². The summed E-state index contributed by atoms with van der Waals surface area (Å²) in [6, 6.07) is 8.19. The van der Waals surface area contributed by atoms with Gasteiger partial charge < -0.3 is 10.4 Å². The monoisotopic (exact) mass is 302 g/mol. The van der Waals surface area contributed by atoms with Gasteiger partial charge in [-0.3, -0.25) is 4.79 Å². The Morgan fingerprint density at radius 2 is 2.00 bits per heavy atom. The Kier molecular flexibility index (Phi) is 4.59. The van der Waals surface area contributed by atoms with Gasteiger partial charge in [-0.1, -0.05) is 11.6 Å². The molecule has 0 spiro atoms. The minimum absolute atomic E-state index is 0.0675. The third-order valence-electron chi connectivity index (χ3n) is 2.86. The lowest BCUT2D eigenvalue weighted by atomic mass is 10.1. The maximum absolute atomic E-state index is 12.3. The molecule has 5 nitrogen and oxygen atoms in total. The number of amides is 1. The highest BCUT2D eigenvalue weighted by molar-refractivity contribution is 7.98. The van der Waals surface area contributed by atoms with Crippen molar-refractivity contribution in [1.82, 2.24) is 4.98 Å². The number of hydrogen-bond acceptors (Lipinski definition) is 4. The molecule has 0 bridgehead atoms. The van der Waals surface area contributed by atoms with Gasteiger partial charge in [0.25, 0.3) is 5.91 Å². The number of anilines is 1. The quantitative estimate of drug-likeness (QED) is 0.849. The van der Waals surface area contributed by atoms with E-state index in [1.807, 2.05) is 6.26 Å². The summed E-state index contributed by atoms with van der Waals surface area (Å²) in [5.41, 5.74) is 1.57. The second-order valence-corrected chi connectivity index (χ2v) is 5.16. The first-order valence-electron chi connectivity index (χ1n) is 6.17. The highest BCUT2D eigenvalue weighted by Crippen LogP contribution is 2.21. The van der Waals surface area contributed by atoms with Crippen molar-refractivity contribution in [3.05, 3.63) is 53.2 Å². The summed E-state index contributed by atoms with van der Waals surface area (Å²) in [7, 11) is 0. The van der Waals surface area contributed by atoms with Gasteiger partial charge in [-0.2, -0.15) is 0 Å². The Bertz CT molecular complexity index is 701. The van der Waals surface area contributed by atoms with Crippen LogP contribution in [-0.2, 0) is 0 Å². The van der Waals surface area contributed by atoms with Crippen LogP contribution in [0.2, 0.25) is 0 Å². The average molecular weight is 302 g/mol. The van der Waals surface area contributed by atoms with E-state index in [4.69, 9.17) is 0 Å². The molecule has 1 amide bonds. The SMILES string of the molecule is CSc1ncccc1C(=O)Nc1ccc(C)cc1C(=O)O. The molecule has 1 aromatic heterocycles. The van der Waals surface area contributed by atoms with E-state index >= 15 is 0 Å². The van der Waals surface area contributed by atoms with Crippen molar-refractivity contribution >= 4 is 29.3 Å². The van der Waals surface area contributed by atoms with Crippen molar-refractivity contribution in [2.24, 2.45) is 0 Å². The highest BCUT2D eigenvalue weighted by Gasteiger charge is 2.16. The highest BCUT2D eigenvalue weighted by atomic mass is 32.2. The van der Waals surface area contributed by atoms with Crippen LogP contribution in [0.4, 0.5) is 5.69 Å². The number of carbonyl (C=O) groups is 2. The van der Waals surface area contributed by atoms with E-state index in [0.29, 0.717) is 10.6 Å². The number of aromatic nitrogens is 1. The summed E-state index contributed by atoms with van der Waals surface area (Å²) in [5.74, 6) is -1.45. The number of aromatic carboxylic acids is 1. The molecule has 0 aliphatic carbocycles. The van der Waals surface area contributed by atoms with Gasteiger partial charge in [0.05, 0.1) is 16.8 Å². The molecule has 0 fully saturated rings. The van der Waals surface area contributed by atoms with Crippen LogP contribution in [0.1, 0.15) is 26.3 Å². The Hall–Kier alpha value is -2.34. The van der Waals surface area contributed by atoms with Crippen LogP contribution in [0.15, 0.2) is 41.6 Å². The lowest BCUT2D eigenvalue weighted by Gasteiger charge is -2.10. The van der Waals surface area contributed by atoms with Gasteiger partial charge in [0, 0.05) is 6.20 Å². The van der Waals surface area contributed by atoms with E-state index in [1.54, 1.807) is 37.4 Å². The molecule has 2 N–H and O–H groups in total. The zero-order chi connectivity index (χ0) is 15.4. The molecule has 0 radical (unpaired) electrons. The topological polar surface area (TPSA) is 79.3 Å². The van der Waals surface area contributed by atoms with Gasteiger partial charge in [0.1, 0.15) is 5.03 Å². The Morgan fingerprint density at radius 1 is 1.24 bits per heavy atom. The number of thioether (sulfide) groups is 1. The van der Waals surface area contributed by atoms with Gasteiger partial charge in [-0.05, 0) is 37.4 Å². The molecule has 1 heterocycles. The number of aryl methyl sites for hydroxylation is 1. The predicted molar refractivity (Wildman–Crippen MR) is 82.1 cm³/mol. The number of benzene rings is 1. The molecule has 0 unspecified atom stereocenters. The number of nitrogens with zero attached hydrogens (tertiary/aromatic N) is 1. The van der Waals surface area contributed by atoms with E-state index in [9.17, 15) is 14.7 Å². The summed E-state index contributed by atoms with van der Waals surface area (Å²) in [5, 5.41) is 12.4. The van der Waals surface area contributed by atoms with Crippen LogP contribution in [0.3, 0.4) is 0 Å². The van der Waals surface area contributed by atoms with E-state index in [2.05, 4.69) is 10.3 Å². The molecular weight excluding hydrogens is 288 g/mol. The molecule has 0 saturated heterocycles. The van der Waals surface area contributed by atoms with Crippen molar-refractivity contribution in [3.63, 3.8) is 0 Å².